The van der Waals surface area contributed by atoms with E-state index in [4.69, 9.17) is 4.74 Å². The number of nitrogens with one attached hydrogen (secondary N) is 1. The zero-order chi connectivity index (χ0) is 55.0. The number of hydrogen-bond donors (Lipinski definition) is 3. The molecule has 2 atom stereocenters. The van der Waals surface area contributed by atoms with E-state index >= 15 is 0 Å². The van der Waals surface area contributed by atoms with Gasteiger partial charge in [-0.25, -0.2) is 0 Å². The second kappa shape index (κ2) is 65.9. The van der Waals surface area contributed by atoms with Gasteiger partial charge in [0, 0.05) is 12.8 Å². The highest BCUT2D eigenvalue weighted by Gasteiger charge is 2.18. The molecule has 0 spiro atoms. The summed E-state index contributed by atoms with van der Waals surface area (Å²) in [7, 11) is 0. The number of allylic oxidation sites excluding steroid dienone is 3. The highest BCUT2D eigenvalue weighted by molar-refractivity contribution is 5.76. The molecule has 3 N–H and O–H groups in total. The Balaban J connectivity index is 3.32. The van der Waals surface area contributed by atoms with E-state index < -0.39 is 12.1 Å². The zero-order valence-corrected chi connectivity index (χ0v) is 51.5. The van der Waals surface area contributed by atoms with Gasteiger partial charge in [0.05, 0.1) is 25.4 Å². The molecule has 0 rings (SSSR count). The molecule has 76 heavy (non-hydrogen) atoms. The molecule has 450 valence electrons. The lowest BCUT2D eigenvalue weighted by atomic mass is 10.0. The predicted molar refractivity (Wildman–Crippen MR) is 333 cm³/mol. The second-order valence-corrected chi connectivity index (χ2v) is 23.9. The summed E-state index contributed by atoms with van der Waals surface area (Å²) in [6.07, 6.45) is 82.6. The fourth-order valence-electron chi connectivity index (χ4n) is 10.9. The average Bonchev–Trinajstić information content (AvgIpc) is 3.42. The summed E-state index contributed by atoms with van der Waals surface area (Å²) in [5.41, 5.74) is 0. The van der Waals surface area contributed by atoms with Crippen LogP contribution in [0.15, 0.2) is 24.3 Å². The van der Waals surface area contributed by atoms with Crippen LogP contribution in [0.25, 0.3) is 0 Å². The highest BCUT2D eigenvalue weighted by atomic mass is 16.5. The Bertz CT molecular complexity index is 1190. The number of unbranched alkanes of at least 4 members (excludes halogenated alkanes) is 52. The first-order valence-electron chi connectivity index (χ1n) is 34.6. The molecule has 0 bridgehead atoms. The van der Waals surface area contributed by atoms with Gasteiger partial charge in [-0.15, -0.1) is 0 Å². The summed E-state index contributed by atoms with van der Waals surface area (Å²) >= 11 is 0. The maximum Gasteiger partial charge on any atom is 0.305 e. The van der Waals surface area contributed by atoms with Crippen molar-refractivity contribution in [2.24, 2.45) is 0 Å². The van der Waals surface area contributed by atoms with Crippen molar-refractivity contribution >= 4 is 11.9 Å². The summed E-state index contributed by atoms with van der Waals surface area (Å²) in [6, 6.07) is -0.623. The molecule has 1 amide bonds. The van der Waals surface area contributed by atoms with Gasteiger partial charge >= 0.3 is 5.97 Å². The first kappa shape index (κ1) is 74.3. The number of hydrogen-bond acceptors (Lipinski definition) is 5. The molecule has 6 nitrogen and oxygen atoms in total. The van der Waals surface area contributed by atoms with E-state index in [0.29, 0.717) is 19.4 Å². The lowest BCUT2D eigenvalue weighted by Gasteiger charge is -2.20. The van der Waals surface area contributed by atoms with Crippen LogP contribution in [0, 0.1) is 0 Å². The Labute approximate surface area is 475 Å². The molecule has 0 aromatic heterocycles. The van der Waals surface area contributed by atoms with Crippen molar-refractivity contribution in [3.8, 4) is 0 Å². The van der Waals surface area contributed by atoms with E-state index in [1.54, 1.807) is 6.08 Å². The van der Waals surface area contributed by atoms with Gasteiger partial charge < -0.3 is 20.3 Å². The molecule has 0 saturated heterocycles. The van der Waals surface area contributed by atoms with Gasteiger partial charge in [0.2, 0.25) is 5.91 Å². The molecule has 0 aromatic rings. The molecule has 2 unspecified atom stereocenters. The van der Waals surface area contributed by atoms with E-state index in [2.05, 4.69) is 31.3 Å². The smallest absolute Gasteiger partial charge is 0.305 e. The zero-order valence-electron chi connectivity index (χ0n) is 51.5. The van der Waals surface area contributed by atoms with Crippen molar-refractivity contribution in [2.75, 3.05) is 13.2 Å². The standard InChI is InChI=1S/C70H135NO5/c1-3-5-7-9-11-13-15-17-40-44-48-52-56-60-64-70(75)76-65-61-57-53-49-45-41-37-35-33-31-29-27-25-23-21-19-18-20-22-24-26-28-30-32-34-36-39-43-47-51-55-59-63-69(74)71-67(66-72)68(73)62-58-54-50-46-42-38-16-14-12-10-8-6-4-2/h15,17,58,62,67-68,72-73H,3-14,16,18-57,59-61,63-66H2,1-2H3,(H,71,74)/b17-15-,62-58+. The van der Waals surface area contributed by atoms with Gasteiger partial charge in [-0.05, 0) is 57.8 Å². The normalized spacial score (nSPS) is 12.6. The molecule has 6 heteroatoms. The summed E-state index contributed by atoms with van der Waals surface area (Å²) in [5, 5.41) is 23.1. The first-order chi connectivity index (χ1) is 37.5. The number of rotatable bonds is 65. The summed E-state index contributed by atoms with van der Waals surface area (Å²) in [4.78, 5) is 24.5. The van der Waals surface area contributed by atoms with Gasteiger partial charge in [-0.2, -0.15) is 0 Å². The van der Waals surface area contributed by atoms with Gasteiger partial charge in [-0.1, -0.05) is 340 Å². The van der Waals surface area contributed by atoms with Crippen LogP contribution in [-0.2, 0) is 14.3 Å². The monoisotopic (exact) mass is 1070 g/mol. The van der Waals surface area contributed by atoms with Gasteiger partial charge in [0.25, 0.3) is 0 Å². The van der Waals surface area contributed by atoms with Crippen LogP contribution in [0.2, 0.25) is 0 Å². The Morgan fingerprint density at radius 3 is 0.934 bits per heavy atom. The fraction of sp³-hybridized carbons (Fsp3) is 0.914. The predicted octanol–water partition coefficient (Wildman–Crippen LogP) is 22.1. The first-order valence-corrected chi connectivity index (χ1v) is 34.6. The summed E-state index contributed by atoms with van der Waals surface area (Å²) in [6.45, 7) is 4.92. The number of amides is 1. The third-order valence-electron chi connectivity index (χ3n) is 16.2. The van der Waals surface area contributed by atoms with E-state index in [0.717, 1.165) is 44.9 Å². The molecular formula is C70H135NO5. The minimum atomic E-state index is -0.840. The minimum Gasteiger partial charge on any atom is -0.466 e. The Kier molecular flexibility index (Phi) is 64.4. The topological polar surface area (TPSA) is 95.9 Å². The van der Waals surface area contributed by atoms with E-state index in [1.807, 2.05) is 6.08 Å². The maximum atomic E-state index is 12.5. The van der Waals surface area contributed by atoms with Crippen molar-refractivity contribution in [3.05, 3.63) is 24.3 Å². The molecule has 0 heterocycles. The van der Waals surface area contributed by atoms with Crippen LogP contribution >= 0.6 is 0 Å². The molecule has 0 fully saturated rings. The van der Waals surface area contributed by atoms with Crippen LogP contribution in [-0.4, -0.2) is 47.4 Å². The van der Waals surface area contributed by atoms with Gasteiger partial charge in [-0.3, -0.25) is 9.59 Å². The molecular weight excluding hydrogens is 935 g/mol. The number of carbonyl (C=O) groups is 2. The average molecular weight is 1070 g/mol. The minimum absolute atomic E-state index is 0.0128. The molecule has 0 aliphatic carbocycles. The summed E-state index contributed by atoms with van der Waals surface area (Å²) < 4.78 is 5.49. The quantitative estimate of drug-likeness (QED) is 0.0320. The third-order valence-corrected chi connectivity index (χ3v) is 16.2. The molecule has 0 radical (unpaired) electrons. The van der Waals surface area contributed by atoms with Crippen molar-refractivity contribution in [3.63, 3.8) is 0 Å². The van der Waals surface area contributed by atoms with Crippen LogP contribution in [0.3, 0.4) is 0 Å². The van der Waals surface area contributed by atoms with Crippen LogP contribution < -0.4 is 5.32 Å². The number of carbonyl (C=O) groups excluding carboxylic acids is 2. The van der Waals surface area contributed by atoms with Gasteiger partial charge in [0.15, 0.2) is 0 Å². The highest BCUT2D eigenvalue weighted by Crippen LogP contribution is 2.19. The Hall–Kier alpha value is -1.66. The molecule has 0 aromatic carbocycles. The largest absolute Gasteiger partial charge is 0.466 e. The lowest BCUT2D eigenvalue weighted by molar-refractivity contribution is -0.143. The van der Waals surface area contributed by atoms with E-state index in [-0.39, 0.29) is 18.5 Å². The van der Waals surface area contributed by atoms with E-state index in [9.17, 15) is 19.8 Å². The van der Waals surface area contributed by atoms with Crippen LogP contribution in [0.1, 0.15) is 386 Å². The van der Waals surface area contributed by atoms with Crippen molar-refractivity contribution in [1.82, 2.24) is 5.32 Å². The molecule has 0 aliphatic heterocycles. The Morgan fingerprint density at radius 2 is 0.618 bits per heavy atom. The molecule has 0 saturated carbocycles. The van der Waals surface area contributed by atoms with Gasteiger partial charge in [0.1, 0.15) is 0 Å². The number of ether oxygens (including phenoxy) is 1. The number of esters is 1. The molecule has 0 aliphatic rings. The van der Waals surface area contributed by atoms with Crippen molar-refractivity contribution in [2.45, 2.75) is 398 Å². The number of aliphatic hydroxyl groups excluding tert-OH is 2. The van der Waals surface area contributed by atoms with Crippen LogP contribution in [0.4, 0.5) is 0 Å². The fourth-order valence-corrected chi connectivity index (χ4v) is 10.9. The van der Waals surface area contributed by atoms with Crippen LogP contribution in [0.5, 0.6) is 0 Å². The lowest BCUT2D eigenvalue weighted by Crippen LogP contribution is -2.45. The Morgan fingerprint density at radius 1 is 0.355 bits per heavy atom. The maximum absolute atomic E-state index is 12.5. The SMILES string of the molecule is CCCCCCC/C=C\CCCCCCCC(=O)OCCCCCCCCCCCCCCCCCCCCCCCCCCCCCCCCCCC(=O)NC(CO)C(O)/C=C/CCCCCCCCCCCCC. The third kappa shape index (κ3) is 61.6. The number of aliphatic hydroxyl groups is 2. The van der Waals surface area contributed by atoms with E-state index in [1.165, 1.54) is 315 Å². The van der Waals surface area contributed by atoms with Crippen molar-refractivity contribution in [1.29, 1.82) is 0 Å². The van der Waals surface area contributed by atoms with Crippen molar-refractivity contribution < 1.29 is 24.5 Å². The second-order valence-electron chi connectivity index (χ2n) is 23.9. The summed E-state index contributed by atoms with van der Waals surface area (Å²) in [5.74, 6) is -0.0492.